The lowest BCUT2D eigenvalue weighted by Gasteiger charge is -2.36. The quantitative estimate of drug-likeness (QED) is 0.684. The lowest BCUT2D eigenvalue weighted by Crippen LogP contribution is -2.36. The van der Waals surface area contributed by atoms with Gasteiger partial charge >= 0.3 is 5.97 Å². The molecule has 0 unspecified atom stereocenters. The lowest BCUT2D eigenvalue weighted by atomic mass is 9.72. The number of allylic oxidation sites excluding steroid dienone is 3. The molecular weight excluding hydrogens is 401 g/mol. The van der Waals surface area contributed by atoms with Crippen LogP contribution < -0.4 is 5.32 Å². The van der Waals surface area contributed by atoms with Crippen molar-refractivity contribution in [2.75, 3.05) is 0 Å². The molecule has 2 heterocycles. The molecule has 30 heavy (non-hydrogen) atoms. The summed E-state index contributed by atoms with van der Waals surface area (Å²) >= 11 is 1.65. The number of benzene rings is 1. The minimum atomic E-state index is -0.565. The maximum Gasteiger partial charge on any atom is 0.337 e. The molecular formula is C24H24FNO3S. The van der Waals surface area contributed by atoms with E-state index in [1.54, 1.807) is 37.3 Å². The number of halogens is 1. The smallest absolute Gasteiger partial charge is 0.337 e. The van der Waals surface area contributed by atoms with E-state index in [0.29, 0.717) is 35.2 Å². The van der Waals surface area contributed by atoms with Crippen LogP contribution in [0.4, 0.5) is 4.39 Å². The van der Waals surface area contributed by atoms with Gasteiger partial charge < -0.3 is 10.1 Å². The highest BCUT2D eigenvalue weighted by molar-refractivity contribution is 7.10. The summed E-state index contributed by atoms with van der Waals surface area (Å²) in [6.45, 7) is 5.41. The molecule has 6 heteroatoms. The van der Waals surface area contributed by atoms with Crippen LogP contribution in [-0.2, 0) is 14.3 Å². The molecule has 156 valence electrons. The van der Waals surface area contributed by atoms with Gasteiger partial charge in [-0.15, -0.1) is 11.3 Å². The van der Waals surface area contributed by atoms with Gasteiger partial charge in [-0.25, -0.2) is 9.18 Å². The van der Waals surface area contributed by atoms with Gasteiger partial charge in [0.05, 0.1) is 11.7 Å². The Labute approximate surface area is 179 Å². The first kappa shape index (κ1) is 20.5. The van der Waals surface area contributed by atoms with Gasteiger partial charge in [0.15, 0.2) is 5.78 Å². The number of hydrogen-bond donors (Lipinski definition) is 1. The molecule has 1 aliphatic carbocycles. The number of Topliss-reactive ketones (excluding diaryl/α,β-unsaturated/α-hetero) is 1. The number of nitrogens with one attached hydrogen (secondary N) is 1. The standard InChI is InChI=1S/C24H24FNO3S/c1-13(2)29-24(28)21-14(3)26-18-11-16(20-5-4-10-30-20)12-19(27)23(18)22(21)15-6-8-17(25)9-7-15/h4-10,13,16,22,26H,11-12H2,1-3H3/t16-,22+/m0/s1. The Balaban J connectivity index is 1.80. The van der Waals surface area contributed by atoms with E-state index in [2.05, 4.69) is 11.4 Å². The number of esters is 1. The first-order chi connectivity index (χ1) is 14.3. The Morgan fingerprint density at radius 3 is 2.57 bits per heavy atom. The molecule has 2 atom stereocenters. The molecule has 0 fully saturated rings. The number of ether oxygens (including phenoxy) is 1. The number of thiophene rings is 1. The van der Waals surface area contributed by atoms with Crippen molar-refractivity contribution in [3.63, 3.8) is 0 Å². The van der Waals surface area contributed by atoms with E-state index >= 15 is 0 Å². The van der Waals surface area contributed by atoms with Gasteiger partial charge in [-0.1, -0.05) is 18.2 Å². The van der Waals surface area contributed by atoms with Gasteiger partial charge in [0.2, 0.25) is 0 Å². The predicted molar refractivity (Wildman–Crippen MR) is 115 cm³/mol. The molecule has 1 aromatic carbocycles. The number of dihydropyridines is 1. The summed E-state index contributed by atoms with van der Waals surface area (Å²) in [6, 6.07) is 10.1. The van der Waals surface area contributed by atoms with Gasteiger partial charge in [-0.3, -0.25) is 4.79 Å². The molecule has 1 aromatic heterocycles. The first-order valence-corrected chi connectivity index (χ1v) is 11.0. The largest absolute Gasteiger partial charge is 0.460 e. The van der Waals surface area contributed by atoms with Crippen LogP contribution in [0, 0.1) is 5.82 Å². The second-order valence-electron chi connectivity index (χ2n) is 8.04. The van der Waals surface area contributed by atoms with Crippen LogP contribution in [0.25, 0.3) is 0 Å². The van der Waals surface area contributed by atoms with Gasteiger partial charge in [0.1, 0.15) is 5.82 Å². The zero-order chi connectivity index (χ0) is 21.4. The molecule has 0 saturated carbocycles. The molecule has 1 aliphatic heterocycles. The Morgan fingerprint density at radius 1 is 1.20 bits per heavy atom. The SMILES string of the molecule is CC1=C(C(=O)OC(C)C)[C@@H](c2ccc(F)cc2)C2=C(C[C@H](c3cccs3)CC2=O)N1. The average molecular weight is 426 g/mol. The summed E-state index contributed by atoms with van der Waals surface area (Å²) in [5.41, 5.74) is 3.24. The third kappa shape index (κ3) is 3.84. The van der Waals surface area contributed by atoms with E-state index in [0.717, 1.165) is 5.70 Å². The van der Waals surface area contributed by atoms with Gasteiger partial charge in [0, 0.05) is 40.1 Å². The zero-order valence-corrected chi connectivity index (χ0v) is 18.0. The predicted octanol–water partition coefficient (Wildman–Crippen LogP) is 5.20. The molecule has 4 nitrogen and oxygen atoms in total. The third-order valence-electron chi connectivity index (χ3n) is 5.54. The Kier molecular flexibility index (Phi) is 5.60. The fourth-order valence-corrected chi connectivity index (χ4v) is 5.13. The molecule has 0 radical (unpaired) electrons. The van der Waals surface area contributed by atoms with E-state index in [9.17, 15) is 14.0 Å². The minimum absolute atomic E-state index is 0.0128. The van der Waals surface area contributed by atoms with Gasteiger partial charge in [-0.05, 0) is 56.3 Å². The van der Waals surface area contributed by atoms with Crippen LogP contribution in [0.5, 0.6) is 0 Å². The molecule has 2 aliphatic rings. The summed E-state index contributed by atoms with van der Waals surface area (Å²) in [7, 11) is 0. The summed E-state index contributed by atoms with van der Waals surface area (Å²) in [6.07, 6.45) is 0.806. The fourth-order valence-electron chi connectivity index (χ4n) is 4.30. The van der Waals surface area contributed by atoms with Crippen molar-refractivity contribution in [3.05, 3.63) is 80.6 Å². The summed E-state index contributed by atoms with van der Waals surface area (Å²) < 4.78 is 19.1. The monoisotopic (exact) mass is 425 g/mol. The fraction of sp³-hybridized carbons (Fsp3) is 0.333. The van der Waals surface area contributed by atoms with E-state index in [1.807, 2.05) is 18.4 Å². The highest BCUT2D eigenvalue weighted by Gasteiger charge is 2.41. The Hall–Kier alpha value is -2.73. The van der Waals surface area contributed by atoms with Crippen LogP contribution in [0.1, 0.15) is 55.9 Å². The normalized spacial score (nSPS) is 21.6. The Bertz CT molecular complexity index is 1030. The van der Waals surface area contributed by atoms with Crippen molar-refractivity contribution in [2.45, 2.75) is 51.6 Å². The maximum atomic E-state index is 13.6. The molecule has 1 N–H and O–H groups in total. The average Bonchev–Trinajstić information content (AvgIpc) is 3.21. The highest BCUT2D eigenvalue weighted by Crippen LogP contribution is 2.46. The van der Waals surface area contributed by atoms with Crippen LogP contribution in [0.2, 0.25) is 0 Å². The number of carbonyl (C=O) groups is 2. The van der Waals surface area contributed by atoms with Crippen molar-refractivity contribution < 1.29 is 18.7 Å². The van der Waals surface area contributed by atoms with Crippen LogP contribution >= 0.6 is 11.3 Å². The molecule has 2 aromatic rings. The van der Waals surface area contributed by atoms with E-state index in [-0.39, 0.29) is 23.6 Å². The molecule has 0 bridgehead atoms. The second kappa shape index (κ2) is 8.19. The zero-order valence-electron chi connectivity index (χ0n) is 17.2. The van der Waals surface area contributed by atoms with Crippen LogP contribution in [0.15, 0.2) is 64.3 Å². The van der Waals surface area contributed by atoms with Gasteiger partial charge in [-0.2, -0.15) is 0 Å². The highest BCUT2D eigenvalue weighted by atomic mass is 32.1. The van der Waals surface area contributed by atoms with Crippen LogP contribution in [0.3, 0.4) is 0 Å². The minimum Gasteiger partial charge on any atom is -0.460 e. The van der Waals surface area contributed by atoms with Crippen LogP contribution in [-0.4, -0.2) is 17.9 Å². The topological polar surface area (TPSA) is 55.4 Å². The number of ketones is 1. The summed E-state index contributed by atoms with van der Waals surface area (Å²) in [5, 5.41) is 5.34. The van der Waals surface area contributed by atoms with Crippen molar-refractivity contribution in [2.24, 2.45) is 0 Å². The molecule has 0 spiro atoms. The van der Waals surface area contributed by atoms with Crippen molar-refractivity contribution in [1.29, 1.82) is 0 Å². The summed E-state index contributed by atoms with van der Waals surface area (Å²) in [4.78, 5) is 27.5. The molecule has 4 rings (SSSR count). The summed E-state index contributed by atoms with van der Waals surface area (Å²) in [5.74, 6) is -1.25. The lowest BCUT2D eigenvalue weighted by molar-refractivity contribution is -0.143. The number of hydrogen-bond acceptors (Lipinski definition) is 5. The van der Waals surface area contributed by atoms with E-state index in [4.69, 9.17) is 4.74 Å². The molecule has 0 amide bonds. The van der Waals surface area contributed by atoms with Gasteiger partial charge in [0.25, 0.3) is 0 Å². The van der Waals surface area contributed by atoms with E-state index in [1.165, 1.54) is 17.0 Å². The first-order valence-electron chi connectivity index (χ1n) is 10.1. The van der Waals surface area contributed by atoms with E-state index < -0.39 is 11.9 Å². The molecule has 0 saturated heterocycles. The third-order valence-corrected chi connectivity index (χ3v) is 6.57. The maximum absolute atomic E-state index is 13.6. The number of rotatable bonds is 4. The van der Waals surface area contributed by atoms with Crippen molar-refractivity contribution in [3.8, 4) is 0 Å². The second-order valence-corrected chi connectivity index (χ2v) is 9.02. The Morgan fingerprint density at radius 2 is 1.93 bits per heavy atom. The van der Waals surface area contributed by atoms with Crippen molar-refractivity contribution in [1.82, 2.24) is 5.32 Å². The van der Waals surface area contributed by atoms with Crippen molar-refractivity contribution >= 4 is 23.1 Å². The number of carbonyl (C=O) groups excluding carboxylic acids is 2.